The molecule has 0 spiro atoms. The molecule has 1 aliphatic heterocycles. The molecule has 2 heterocycles. The van der Waals surface area contributed by atoms with E-state index in [1.54, 1.807) is 0 Å². The first kappa shape index (κ1) is 17.2. The second-order valence-electron chi connectivity index (χ2n) is 6.85. The highest BCUT2D eigenvalue weighted by atomic mass is 35.5. The molecule has 0 radical (unpaired) electrons. The molecule has 1 N–H and O–H groups in total. The summed E-state index contributed by atoms with van der Waals surface area (Å²) in [7, 11) is 0. The van der Waals surface area contributed by atoms with Gasteiger partial charge in [0.1, 0.15) is 0 Å². The molecule has 26 heavy (non-hydrogen) atoms. The van der Waals surface area contributed by atoms with Crippen LogP contribution in [0, 0.1) is 0 Å². The van der Waals surface area contributed by atoms with E-state index in [0.717, 1.165) is 36.9 Å². The van der Waals surface area contributed by atoms with Gasteiger partial charge in [-0.25, -0.2) is 4.68 Å². The summed E-state index contributed by atoms with van der Waals surface area (Å²) in [4.78, 5) is 1.53. The Kier molecular flexibility index (Phi) is 5.27. The zero-order valence-corrected chi connectivity index (χ0v) is 15.4. The number of hydrogen-bond acceptors (Lipinski definition) is 3. The minimum atomic E-state index is 0.153. The average molecular weight is 369 g/mol. The van der Waals surface area contributed by atoms with E-state index in [4.69, 9.17) is 11.6 Å². The zero-order chi connectivity index (χ0) is 17.8. The molecule has 0 unspecified atom stereocenters. The summed E-state index contributed by atoms with van der Waals surface area (Å²) < 4.78 is 1.97. The lowest BCUT2D eigenvalue weighted by molar-refractivity contribution is -0.914. The maximum Gasteiger partial charge on any atom is 0.214 e. The molecule has 1 aromatic heterocycles. The van der Waals surface area contributed by atoms with Crippen molar-refractivity contribution in [1.29, 1.82) is 0 Å². The van der Waals surface area contributed by atoms with Gasteiger partial charge in [0, 0.05) is 30.0 Å². The van der Waals surface area contributed by atoms with Crippen molar-refractivity contribution in [2.24, 2.45) is 0 Å². The van der Waals surface area contributed by atoms with Crippen LogP contribution < -0.4 is 4.90 Å². The smallest absolute Gasteiger partial charge is 0.214 e. The number of aromatic nitrogens is 4. The number of rotatable bonds is 6. The molecule has 0 saturated carbocycles. The van der Waals surface area contributed by atoms with E-state index in [-0.39, 0.29) is 6.04 Å². The van der Waals surface area contributed by atoms with E-state index in [9.17, 15) is 0 Å². The van der Waals surface area contributed by atoms with Crippen molar-refractivity contribution >= 4 is 11.6 Å². The first-order chi connectivity index (χ1) is 12.8. The normalized spacial score (nSPS) is 16.0. The van der Waals surface area contributed by atoms with Crippen LogP contribution in [0.25, 0.3) is 0 Å². The molecule has 4 rings (SSSR count). The maximum absolute atomic E-state index is 6.10. The van der Waals surface area contributed by atoms with E-state index in [2.05, 4.69) is 51.9 Å². The standard InChI is InChI=1S/C20H22ClN5/c21-18-10-8-17(9-11-18)19(25-13-4-5-14-25)20-22-23-24-26(20)15-12-16-6-2-1-3-7-16/h1-3,6-11,19H,4-5,12-15H2/p+1/t19-/m1/s1. The van der Waals surface area contributed by atoms with Crippen molar-refractivity contribution in [3.8, 4) is 0 Å². The van der Waals surface area contributed by atoms with Gasteiger partial charge in [0.2, 0.25) is 5.82 Å². The summed E-state index contributed by atoms with van der Waals surface area (Å²) in [6, 6.07) is 18.7. The second kappa shape index (κ2) is 7.98. The van der Waals surface area contributed by atoms with E-state index < -0.39 is 0 Å². The van der Waals surface area contributed by atoms with E-state index >= 15 is 0 Å². The third-order valence-corrected chi connectivity index (χ3v) is 5.38. The van der Waals surface area contributed by atoms with Gasteiger partial charge in [0.05, 0.1) is 13.1 Å². The van der Waals surface area contributed by atoms with Crippen LogP contribution in [-0.4, -0.2) is 33.3 Å². The van der Waals surface area contributed by atoms with Crippen LogP contribution in [0.2, 0.25) is 5.02 Å². The van der Waals surface area contributed by atoms with Gasteiger partial charge in [-0.3, -0.25) is 0 Å². The van der Waals surface area contributed by atoms with Crippen LogP contribution in [0.1, 0.15) is 35.8 Å². The van der Waals surface area contributed by atoms with Gasteiger partial charge in [0.25, 0.3) is 0 Å². The van der Waals surface area contributed by atoms with Crippen LogP contribution in [-0.2, 0) is 13.0 Å². The summed E-state index contributed by atoms with van der Waals surface area (Å²) in [6.45, 7) is 3.08. The topological polar surface area (TPSA) is 48.0 Å². The van der Waals surface area contributed by atoms with E-state index in [1.165, 1.54) is 28.9 Å². The molecule has 1 atom stereocenters. The fourth-order valence-corrected chi connectivity index (χ4v) is 3.92. The lowest BCUT2D eigenvalue weighted by Crippen LogP contribution is -3.10. The second-order valence-corrected chi connectivity index (χ2v) is 7.28. The molecule has 0 aliphatic carbocycles. The van der Waals surface area contributed by atoms with Crippen molar-refractivity contribution < 1.29 is 4.90 Å². The molecular formula is C20H23ClN5+. The van der Waals surface area contributed by atoms with Crippen LogP contribution in [0.15, 0.2) is 54.6 Å². The Bertz CT molecular complexity index is 825. The van der Waals surface area contributed by atoms with E-state index in [0.29, 0.717) is 0 Å². The fourth-order valence-electron chi connectivity index (χ4n) is 3.80. The van der Waals surface area contributed by atoms with Crippen molar-refractivity contribution in [2.75, 3.05) is 13.1 Å². The Labute approximate surface area is 158 Å². The molecule has 1 saturated heterocycles. The molecular weight excluding hydrogens is 346 g/mol. The number of halogens is 1. The SMILES string of the molecule is Clc1ccc([C@H](c2nnnn2CCc2ccccc2)[NH+]2CCCC2)cc1. The fraction of sp³-hybridized carbons (Fsp3) is 0.350. The lowest BCUT2D eigenvalue weighted by atomic mass is 10.0. The van der Waals surface area contributed by atoms with Crippen molar-refractivity contribution in [1.82, 2.24) is 20.2 Å². The summed E-state index contributed by atoms with van der Waals surface area (Å²) in [6.07, 6.45) is 3.43. The Morgan fingerprint density at radius 3 is 2.46 bits per heavy atom. The molecule has 1 aliphatic rings. The number of benzene rings is 2. The average Bonchev–Trinajstić information content (AvgIpc) is 3.36. The molecule has 6 heteroatoms. The molecule has 0 bridgehead atoms. The van der Waals surface area contributed by atoms with Gasteiger partial charge in [0.15, 0.2) is 6.04 Å². The monoisotopic (exact) mass is 368 g/mol. The first-order valence-corrected chi connectivity index (χ1v) is 9.59. The zero-order valence-electron chi connectivity index (χ0n) is 14.7. The van der Waals surface area contributed by atoms with Gasteiger partial charge in [-0.2, -0.15) is 0 Å². The summed E-state index contributed by atoms with van der Waals surface area (Å²) in [5, 5.41) is 13.5. The first-order valence-electron chi connectivity index (χ1n) is 9.21. The van der Waals surface area contributed by atoms with Gasteiger partial charge >= 0.3 is 0 Å². The van der Waals surface area contributed by atoms with Gasteiger partial charge in [-0.15, -0.1) is 5.10 Å². The van der Waals surface area contributed by atoms with Gasteiger partial charge < -0.3 is 4.90 Å². The van der Waals surface area contributed by atoms with E-state index in [1.807, 2.05) is 22.9 Å². The highest BCUT2D eigenvalue weighted by Crippen LogP contribution is 2.20. The van der Waals surface area contributed by atoms with Crippen molar-refractivity contribution in [3.63, 3.8) is 0 Å². The Morgan fingerprint density at radius 2 is 1.73 bits per heavy atom. The van der Waals surface area contributed by atoms with Crippen LogP contribution in [0.3, 0.4) is 0 Å². The van der Waals surface area contributed by atoms with Gasteiger partial charge in [-0.05, 0) is 34.5 Å². The summed E-state index contributed by atoms with van der Waals surface area (Å²) >= 11 is 6.10. The maximum atomic E-state index is 6.10. The highest BCUT2D eigenvalue weighted by molar-refractivity contribution is 6.30. The van der Waals surface area contributed by atoms with Crippen LogP contribution in [0.4, 0.5) is 0 Å². The largest absolute Gasteiger partial charge is 0.322 e. The number of nitrogens with zero attached hydrogens (tertiary/aromatic N) is 4. The third kappa shape index (κ3) is 3.79. The van der Waals surface area contributed by atoms with Gasteiger partial charge in [-0.1, -0.05) is 54.1 Å². The highest BCUT2D eigenvalue weighted by Gasteiger charge is 2.33. The number of nitrogens with one attached hydrogen (secondary N) is 1. The van der Waals surface area contributed by atoms with Crippen molar-refractivity contribution in [3.05, 3.63) is 76.6 Å². The number of likely N-dealkylation sites (tertiary alicyclic amines) is 1. The lowest BCUT2D eigenvalue weighted by Gasteiger charge is -2.24. The molecule has 0 amide bonds. The Morgan fingerprint density at radius 1 is 1.00 bits per heavy atom. The summed E-state index contributed by atoms with van der Waals surface area (Å²) in [5.41, 5.74) is 2.52. The number of quaternary nitrogens is 1. The quantitative estimate of drug-likeness (QED) is 0.726. The summed E-state index contributed by atoms with van der Waals surface area (Å²) in [5.74, 6) is 0.945. The molecule has 5 nitrogen and oxygen atoms in total. The minimum Gasteiger partial charge on any atom is -0.322 e. The predicted molar refractivity (Wildman–Crippen MR) is 101 cm³/mol. The molecule has 3 aromatic rings. The third-order valence-electron chi connectivity index (χ3n) is 5.13. The Hall–Kier alpha value is -2.24. The Balaban J connectivity index is 1.61. The number of hydrogen-bond donors (Lipinski definition) is 1. The number of tetrazole rings is 1. The van der Waals surface area contributed by atoms with Crippen molar-refractivity contribution in [2.45, 2.75) is 31.8 Å². The van der Waals surface area contributed by atoms with Crippen LogP contribution in [0.5, 0.6) is 0 Å². The minimum absolute atomic E-state index is 0.153. The predicted octanol–water partition coefficient (Wildman–Crippen LogP) is 2.34. The number of aryl methyl sites for hydroxylation is 2. The molecule has 2 aromatic carbocycles. The van der Waals surface area contributed by atoms with Crippen LogP contribution >= 0.6 is 11.6 Å². The molecule has 134 valence electrons. The molecule has 1 fully saturated rings.